The number of rotatable bonds is 2. The molecular weight excluding hydrogens is 228 g/mol. The number of hydrogen-bond donors (Lipinski definition) is 2. The first-order valence-corrected chi connectivity index (χ1v) is 5.00. The lowest BCUT2D eigenvalue weighted by Gasteiger charge is -2.01. The summed E-state index contributed by atoms with van der Waals surface area (Å²) in [5.74, 6) is -1.96. The van der Waals surface area contributed by atoms with Crippen LogP contribution in [0.25, 0.3) is 5.69 Å². The van der Waals surface area contributed by atoms with Crippen molar-refractivity contribution >= 4 is 0 Å². The van der Waals surface area contributed by atoms with E-state index in [0.717, 1.165) is 16.8 Å². The lowest BCUT2D eigenvalue weighted by Crippen LogP contribution is -2.19. The zero-order valence-corrected chi connectivity index (χ0v) is 9.13. The molecule has 4 nitrogen and oxygen atoms in total. The number of H-pyrrole nitrogens is 1. The van der Waals surface area contributed by atoms with Gasteiger partial charge in [-0.2, -0.15) is 0 Å². The molecule has 6 heteroatoms. The minimum Gasteiger partial charge on any atom is -0.326 e. The number of nitrogens with one attached hydrogen (secondary N) is 1. The van der Waals surface area contributed by atoms with E-state index >= 15 is 0 Å². The van der Waals surface area contributed by atoms with Crippen LogP contribution in [0.1, 0.15) is 11.3 Å². The van der Waals surface area contributed by atoms with Gasteiger partial charge < -0.3 is 5.73 Å². The number of hydrogen-bond acceptors (Lipinski definition) is 2. The van der Waals surface area contributed by atoms with Crippen molar-refractivity contribution in [3.63, 3.8) is 0 Å². The van der Waals surface area contributed by atoms with Gasteiger partial charge in [-0.05, 0) is 19.1 Å². The van der Waals surface area contributed by atoms with Crippen LogP contribution in [-0.2, 0) is 6.54 Å². The third-order valence-corrected chi connectivity index (χ3v) is 2.56. The maximum atomic E-state index is 13.1. The van der Waals surface area contributed by atoms with E-state index < -0.39 is 11.6 Å². The van der Waals surface area contributed by atoms with Gasteiger partial charge in [-0.1, -0.05) is 0 Å². The van der Waals surface area contributed by atoms with Crippen LogP contribution in [-0.4, -0.2) is 9.78 Å². The van der Waals surface area contributed by atoms with Crippen LogP contribution in [0.15, 0.2) is 23.0 Å². The number of aromatic nitrogens is 2. The molecule has 0 fully saturated rings. The second-order valence-electron chi connectivity index (χ2n) is 3.66. The topological polar surface area (TPSA) is 63.8 Å². The van der Waals surface area contributed by atoms with Crippen molar-refractivity contribution in [2.24, 2.45) is 5.73 Å². The summed E-state index contributed by atoms with van der Waals surface area (Å²) in [6, 6.07) is 3.23. The van der Waals surface area contributed by atoms with Crippen molar-refractivity contribution in [2.45, 2.75) is 13.5 Å². The Kier molecular flexibility index (Phi) is 2.81. The molecule has 2 rings (SSSR count). The highest BCUT2D eigenvalue weighted by atomic mass is 19.2. The first-order chi connectivity index (χ1) is 8.04. The maximum Gasteiger partial charge on any atom is 0.275 e. The third-order valence-electron chi connectivity index (χ3n) is 2.56. The molecule has 0 radical (unpaired) electrons. The summed E-state index contributed by atoms with van der Waals surface area (Å²) < 4.78 is 27.0. The van der Waals surface area contributed by atoms with Gasteiger partial charge in [0.2, 0.25) is 0 Å². The lowest BCUT2D eigenvalue weighted by molar-refractivity contribution is 0.507. The van der Waals surface area contributed by atoms with Gasteiger partial charge in [0, 0.05) is 18.3 Å². The Balaban J connectivity index is 2.61. The lowest BCUT2D eigenvalue weighted by atomic mass is 10.2. The molecule has 0 atom stereocenters. The molecule has 1 heterocycles. The third kappa shape index (κ3) is 1.87. The molecule has 0 aliphatic carbocycles. The summed E-state index contributed by atoms with van der Waals surface area (Å²) in [6.45, 7) is 1.79. The molecule has 3 N–H and O–H groups in total. The highest BCUT2D eigenvalue weighted by Crippen LogP contribution is 2.12. The molecule has 1 aromatic carbocycles. The molecule has 0 aliphatic heterocycles. The summed E-state index contributed by atoms with van der Waals surface area (Å²) in [5, 5.41) is 2.76. The predicted octanol–water partition coefficient (Wildman–Crippen LogP) is 1.21. The molecule has 2 aromatic rings. The average Bonchev–Trinajstić information content (AvgIpc) is 2.58. The summed E-state index contributed by atoms with van der Waals surface area (Å²) >= 11 is 0. The van der Waals surface area contributed by atoms with Crippen LogP contribution in [0, 0.1) is 18.6 Å². The molecule has 0 spiro atoms. The molecule has 90 valence electrons. The first-order valence-electron chi connectivity index (χ1n) is 5.00. The van der Waals surface area contributed by atoms with Gasteiger partial charge >= 0.3 is 0 Å². The number of halogens is 2. The summed E-state index contributed by atoms with van der Waals surface area (Å²) in [6.07, 6.45) is 0. The van der Waals surface area contributed by atoms with Crippen molar-refractivity contribution in [1.29, 1.82) is 0 Å². The van der Waals surface area contributed by atoms with E-state index in [1.165, 1.54) is 6.07 Å². The van der Waals surface area contributed by atoms with Gasteiger partial charge in [-0.15, -0.1) is 0 Å². The zero-order valence-electron chi connectivity index (χ0n) is 9.13. The second-order valence-corrected chi connectivity index (χ2v) is 3.66. The van der Waals surface area contributed by atoms with Gasteiger partial charge in [-0.3, -0.25) is 9.89 Å². The largest absolute Gasteiger partial charge is 0.326 e. The van der Waals surface area contributed by atoms with E-state index in [1.54, 1.807) is 6.92 Å². The van der Waals surface area contributed by atoms with Crippen LogP contribution >= 0.6 is 0 Å². The Morgan fingerprint density at radius 2 is 2.06 bits per heavy atom. The summed E-state index contributed by atoms with van der Waals surface area (Å²) in [4.78, 5) is 11.9. The smallest absolute Gasteiger partial charge is 0.275 e. The van der Waals surface area contributed by atoms with E-state index in [2.05, 4.69) is 5.10 Å². The SMILES string of the molecule is Cc1[nH]n(-c2ccc(F)c(F)c2)c(=O)c1CN. The first kappa shape index (κ1) is 11.5. The summed E-state index contributed by atoms with van der Waals surface area (Å²) in [5.41, 5.74) is 6.35. The minimum absolute atomic E-state index is 0.0951. The fourth-order valence-electron chi connectivity index (χ4n) is 1.63. The van der Waals surface area contributed by atoms with Crippen LogP contribution in [0.3, 0.4) is 0 Å². The van der Waals surface area contributed by atoms with E-state index in [4.69, 9.17) is 5.73 Å². The molecule has 0 bridgehead atoms. The van der Waals surface area contributed by atoms with E-state index in [1.807, 2.05) is 0 Å². The van der Waals surface area contributed by atoms with Crippen molar-refractivity contribution in [3.05, 3.63) is 51.4 Å². The molecule has 17 heavy (non-hydrogen) atoms. The van der Waals surface area contributed by atoms with E-state index in [9.17, 15) is 13.6 Å². The summed E-state index contributed by atoms with van der Waals surface area (Å²) in [7, 11) is 0. The highest BCUT2D eigenvalue weighted by molar-refractivity contribution is 5.33. The van der Waals surface area contributed by atoms with Crippen LogP contribution < -0.4 is 11.3 Å². The predicted molar refractivity (Wildman–Crippen MR) is 58.9 cm³/mol. The standard InChI is InChI=1S/C11H11F2N3O/c1-6-8(5-14)11(17)16(15-6)7-2-3-9(12)10(13)4-7/h2-4,15H,5,14H2,1H3. The van der Waals surface area contributed by atoms with Crippen molar-refractivity contribution in [3.8, 4) is 5.69 Å². The molecule has 0 saturated heterocycles. The molecule has 0 amide bonds. The van der Waals surface area contributed by atoms with Crippen LogP contribution in [0.5, 0.6) is 0 Å². The zero-order chi connectivity index (χ0) is 12.6. The molecule has 0 saturated carbocycles. The number of nitrogens with zero attached hydrogens (tertiary/aromatic N) is 1. The second kappa shape index (κ2) is 4.14. The van der Waals surface area contributed by atoms with Gasteiger partial charge in [0.25, 0.3) is 5.56 Å². The van der Waals surface area contributed by atoms with Crippen molar-refractivity contribution < 1.29 is 8.78 Å². The number of aryl methyl sites for hydroxylation is 1. The Labute approximate surface area is 95.7 Å². The Morgan fingerprint density at radius 1 is 1.35 bits per heavy atom. The Bertz CT molecular complexity index is 616. The number of aromatic amines is 1. The fraction of sp³-hybridized carbons (Fsp3) is 0.182. The molecule has 0 aliphatic rings. The average molecular weight is 239 g/mol. The fourth-order valence-corrected chi connectivity index (χ4v) is 1.63. The Morgan fingerprint density at radius 3 is 2.59 bits per heavy atom. The van der Waals surface area contributed by atoms with Crippen molar-refractivity contribution in [2.75, 3.05) is 0 Å². The minimum atomic E-state index is -1.00. The van der Waals surface area contributed by atoms with Gasteiger partial charge in [0.15, 0.2) is 11.6 Å². The van der Waals surface area contributed by atoms with Crippen LogP contribution in [0.4, 0.5) is 8.78 Å². The van der Waals surface area contributed by atoms with Gasteiger partial charge in [-0.25, -0.2) is 13.5 Å². The normalized spacial score (nSPS) is 10.8. The number of nitrogens with two attached hydrogens (primary N) is 1. The quantitative estimate of drug-likeness (QED) is 0.827. The number of benzene rings is 1. The maximum absolute atomic E-state index is 13.1. The van der Waals surface area contributed by atoms with E-state index in [0.29, 0.717) is 11.3 Å². The van der Waals surface area contributed by atoms with Crippen LogP contribution in [0.2, 0.25) is 0 Å². The van der Waals surface area contributed by atoms with Gasteiger partial charge in [0.1, 0.15) is 0 Å². The molecule has 1 aromatic heterocycles. The van der Waals surface area contributed by atoms with Gasteiger partial charge in [0.05, 0.1) is 11.3 Å². The molecule has 0 unspecified atom stereocenters. The monoisotopic (exact) mass is 239 g/mol. The van der Waals surface area contributed by atoms with Crippen molar-refractivity contribution in [1.82, 2.24) is 9.78 Å². The highest BCUT2D eigenvalue weighted by Gasteiger charge is 2.12. The molecular formula is C11H11F2N3O. The Hall–Kier alpha value is -1.95. The van der Waals surface area contributed by atoms with E-state index in [-0.39, 0.29) is 17.8 Å².